The molecule has 0 bridgehead atoms. The molecule has 0 radical (unpaired) electrons. The summed E-state index contributed by atoms with van der Waals surface area (Å²) < 4.78 is 0. The number of phenolic OH excluding ortho intramolecular Hbond substituents is 1. The Morgan fingerprint density at radius 3 is 2.40 bits per heavy atom. The maximum Gasteiger partial charge on any atom is 0.122 e. The highest BCUT2D eigenvalue weighted by Crippen LogP contribution is 2.30. The van der Waals surface area contributed by atoms with E-state index in [9.17, 15) is 5.11 Å². The second kappa shape index (κ2) is 4.23. The number of hydrogen-bond donors (Lipinski definition) is 2. The summed E-state index contributed by atoms with van der Waals surface area (Å²) in [5.41, 5.74) is 7.60. The molecule has 0 aliphatic heterocycles. The maximum atomic E-state index is 10.1. The first-order chi connectivity index (χ1) is 6.81. The Morgan fingerprint density at radius 2 is 1.93 bits per heavy atom. The Hall–Kier alpha value is -1.02. The SMILES string of the molecule is CC(C)c1cccc(CC(C)(C)N)c1O. The normalized spacial score (nSPS) is 12.1. The Labute approximate surface area is 92.1 Å². The van der Waals surface area contributed by atoms with Crippen molar-refractivity contribution in [1.82, 2.24) is 0 Å². The van der Waals surface area contributed by atoms with E-state index in [1.54, 1.807) is 0 Å². The van der Waals surface area contributed by atoms with Crippen LogP contribution in [-0.4, -0.2) is 10.6 Å². The maximum absolute atomic E-state index is 10.1. The van der Waals surface area contributed by atoms with E-state index < -0.39 is 0 Å². The first-order valence-corrected chi connectivity index (χ1v) is 5.41. The van der Waals surface area contributed by atoms with Gasteiger partial charge in [-0.05, 0) is 37.3 Å². The van der Waals surface area contributed by atoms with Gasteiger partial charge in [-0.2, -0.15) is 0 Å². The summed E-state index contributed by atoms with van der Waals surface area (Å²) in [6, 6.07) is 5.89. The first-order valence-electron chi connectivity index (χ1n) is 5.41. The third kappa shape index (κ3) is 3.24. The van der Waals surface area contributed by atoms with E-state index in [-0.39, 0.29) is 5.54 Å². The van der Waals surface area contributed by atoms with Gasteiger partial charge in [0.05, 0.1) is 0 Å². The molecule has 2 nitrogen and oxygen atoms in total. The number of hydrogen-bond acceptors (Lipinski definition) is 2. The Bertz CT molecular complexity index is 337. The van der Waals surface area contributed by atoms with Crippen molar-refractivity contribution in [3.63, 3.8) is 0 Å². The van der Waals surface area contributed by atoms with Crippen LogP contribution >= 0.6 is 0 Å². The van der Waals surface area contributed by atoms with Gasteiger partial charge < -0.3 is 10.8 Å². The second-order valence-corrected chi connectivity index (χ2v) is 5.18. The van der Waals surface area contributed by atoms with Gasteiger partial charge in [0.2, 0.25) is 0 Å². The van der Waals surface area contributed by atoms with Gasteiger partial charge in [-0.1, -0.05) is 32.0 Å². The topological polar surface area (TPSA) is 46.2 Å². The summed E-state index contributed by atoms with van der Waals surface area (Å²) in [6.45, 7) is 8.09. The summed E-state index contributed by atoms with van der Waals surface area (Å²) in [4.78, 5) is 0. The zero-order chi connectivity index (χ0) is 11.6. The molecule has 0 saturated carbocycles. The summed E-state index contributed by atoms with van der Waals surface area (Å²) in [7, 11) is 0. The highest BCUT2D eigenvalue weighted by molar-refractivity contribution is 5.42. The quantitative estimate of drug-likeness (QED) is 0.800. The summed E-state index contributed by atoms with van der Waals surface area (Å²) >= 11 is 0. The molecule has 3 N–H and O–H groups in total. The van der Waals surface area contributed by atoms with Crippen molar-refractivity contribution >= 4 is 0 Å². The summed E-state index contributed by atoms with van der Waals surface area (Å²) in [6.07, 6.45) is 0.694. The number of rotatable bonds is 3. The van der Waals surface area contributed by atoms with Crippen molar-refractivity contribution in [3.8, 4) is 5.75 Å². The number of aromatic hydroxyl groups is 1. The molecule has 0 unspecified atom stereocenters. The minimum atomic E-state index is -0.285. The molecule has 0 atom stereocenters. The highest BCUT2D eigenvalue weighted by Gasteiger charge is 2.16. The highest BCUT2D eigenvalue weighted by atomic mass is 16.3. The van der Waals surface area contributed by atoms with Gasteiger partial charge in [-0.3, -0.25) is 0 Å². The van der Waals surface area contributed by atoms with Crippen molar-refractivity contribution in [2.75, 3.05) is 0 Å². The molecule has 0 fully saturated rings. The average Bonchev–Trinajstić information content (AvgIpc) is 2.05. The largest absolute Gasteiger partial charge is 0.507 e. The molecule has 0 aliphatic carbocycles. The van der Waals surface area contributed by atoms with Crippen molar-refractivity contribution in [2.45, 2.75) is 45.6 Å². The third-order valence-electron chi connectivity index (χ3n) is 2.42. The van der Waals surface area contributed by atoms with Crippen LogP contribution in [0, 0.1) is 0 Å². The lowest BCUT2D eigenvalue weighted by Crippen LogP contribution is -2.34. The Morgan fingerprint density at radius 1 is 1.33 bits per heavy atom. The molecule has 15 heavy (non-hydrogen) atoms. The Balaban J connectivity index is 3.05. The predicted octanol–water partition coefficient (Wildman–Crippen LogP) is 2.80. The van der Waals surface area contributed by atoms with Gasteiger partial charge >= 0.3 is 0 Å². The van der Waals surface area contributed by atoms with Crippen molar-refractivity contribution in [2.24, 2.45) is 5.73 Å². The standard InChI is InChI=1S/C13H21NO/c1-9(2)11-7-5-6-10(12(11)15)8-13(3,4)14/h5-7,9,15H,8,14H2,1-4H3. The first kappa shape index (κ1) is 12.1. The van der Waals surface area contributed by atoms with Crippen LogP contribution < -0.4 is 5.73 Å². The van der Waals surface area contributed by atoms with Gasteiger partial charge in [-0.25, -0.2) is 0 Å². The lowest BCUT2D eigenvalue weighted by Gasteiger charge is -2.20. The van der Waals surface area contributed by atoms with E-state index in [0.717, 1.165) is 11.1 Å². The number of benzene rings is 1. The molecule has 0 heterocycles. The molecule has 0 aliphatic rings. The fourth-order valence-electron chi connectivity index (χ4n) is 1.71. The van der Waals surface area contributed by atoms with E-state index in [0.29, 0.717) is 18.1 Å². The van der Waals surface area contributed by atoms with E-state index >= 15 is 0 Å². The number of para-hydroxylation sites is 1. The molecule has 0 spiro atoms. The predicted molar refractivity (Wildman–Crippen MR) is 64.2 cm³/mol. The van der Waals surface area contributed by atoms with Gasteiger partial charge in [0.25, 0.3) is 0 Å². The molecule has 84 valence electrons. The number of nitrogens with two attached hydrogens (primary N) is 1. The third-order valence-corrected chi connectivity index (χ3v) is 2.42. The van der Waals surface area contributed by atoms with Crippen LogP contribution in [0.1, 0.15) is 44.7 Å². The molecule has 1 aromatic carbocycles. The summed E-state index contributed by atoms with van der Waals surface area (Å²) in [5.74, 6) is 0.747. The lowest BCUT2D eigenvalue weighted by atomic mass is 9.92. The monoisotopic (exact) mass is 207 g/mol. The van der Waals surface area contributed by atoms with Crippen LogP contribution in [-0.2, 0) is 6.42 Å². The average molecular weight is 207 g/mol. The molecule has 1 rings (SSSR count). The fraction of sp³-hybridized carbons (Fsp3) is 0.538. The van der Waals surface area contributed by atoms with Gasteiger partial charge in [0, 0.05) is 5.54 Å². The molecular formula is C13H21NO. The zero-order valence-electron chi connectivity index (χ0n) is 10.0. The minimum Gasteiger partial charge on any atom is -0.507 e. The van der Waals surface area contributed by atoms with Gasteiger partial charge in [-0.15, -0.1) is 0 Å². The molecule has 0 aromatic heterocycles. The van der Waals surface area contributed by atoms with Crippen LogP contribution in [0.15, 0.2) is 18.2 Å². The van der Waals surface area contributed by atoms with E-state index in [4.69, 9.17) is 5.73 Å². The number of phenols is 1. The fourth-order valence-corrected chi connectivity index (χ4v) is 1.71. The van der Waals surface area contributed by atoms with E-state index in [2.05, 4.69) is 13.8 Å². The molecule has 2 heteroatoms. The Kier molecular flexibility index (Phi) is 3.40. The zero-order valence-corrected chi connectivity index (χ0v) is 10.0. The van der Waals surface area contributed by atoms with E-state index in [1.165, 1.54) is 0 Å². The molecular weight excluding hydrogens is 186 g/mol. The van der Waals surface area contributed by atoms with Crippen LogP contribution in [0.25, 0.3) is 0 Å². The molecule has 0 amide bonds. The van der Waals surface area contributed by atoms with Crippen molar-refractivity contribution < 1.29 is 5.11 Å². The van der Waals surface area contributed by atoms with Crippen LogP contribution in [0.2, 0.25) is 0 Å². The van der Waals surface area contributed by atoms with E-state index in [1.807, 2.05) is 32.0 Å². The van der Waals surface area contributed by atoms with Crippen LogP contribution in [0.3, 0.4) is 0 Å². The van der Waals surface area contributed by atoms with Crippen LogP contribution in [0.4, 0.5) is 0 Å². The van der Waals surface area contributed by atoms with Crippen molar-refractivity contribution in [1.29, 1.82) is 0 Å². The van der Waals surface area contributed by atoms with Crippen molar-refractivity contribution in [3.05, 3.63) is 29.3 Å². The second-order valence-electron chi connectivity index (χ2n) is 5.18. The van der Waals surface area contributed by atoms with Gasteiger partial charge in [0.15, 0.2) is 0 Å². The molecule has 1 aromatic rings. The minimum absolute atomic E-state index is 0.285. The lowest BCUT2D eigenvalue weighted by molar-refractivity contribution is 0.441. The summed E-state index contributed by atoms with van der Waals surface area (Å²) in [5, 5.41) is 10.1. The van der Waals surface area contributed by atoms with Gasteiger partial charge in [0.1, 0.15) is 5.75 Å². The van der Waals surface area contributed by atoms with Crippen LogP contribution in [0.5, 0.6) is 5.75 Å². The smallest absolute Gasteiger partial charge is 0.122 e. The molecule has 0 saturated heterocycles.